The number of hydrogen-bond donors (Lipinski definition) is 1. The summed E-state index contributed by atoms with van der Waals surface area (Å²) < 4.78 is 0. The first-order valence-corrected chi connectivity index (χ1v) is 9.04. The van der Waals surface area contributed by atoms with E-state index in [0.29, 0.717) is 12.1 Å². The Labute approximate surface area is 137 Å². The summed E-state index contributed by atoms with van der Waals surface area (Å²) in [6, 6.07) is 11.9. The normalized spacial score (nSPS) is 20.4. The molecule has 1 aliphatic rings. The number of aromatic nitrogens is 1. The van der Waals surface area contributed by atoms with Crippen LogP contribution < -0.4 is 5.32 Å². The van der Waals surface area contributed by atoms with Crippen LogP contribution >= 0.6 is 11.3 Å². The Balaban J connectivity index is 1.44. The van der Waals surface area contributed by atoms with E-state index < -0.39 is 0 Å². The molecule has 0 amide bonds. The van der Waals surface area contributed by atoms with E-state index in [2.05, 4.69) is 64.8 Å². The fraction of sp³-hybridized carbons (Fsp3) is 0.500. The third-order valence-electron chi connectivity index (χ3n) is 4.53. The van der Waals surface area contributed by atoms with Gasteiger partial charge in [0.15, 0.2) is 0 Å². The standard InChI is InChI=1S/C18H25N3S/c1-14(16-6-4-3-5-7-16)21-11-9-17(12-21)19-10-8-18-13-22-15(2)20-18/h3-7,13-14,17,19H,8-12H2,1-2H3. The van der Waals surface area contributed by atoms with Gasteiger partial charge in [-0.1, -0.05) is 30.3 Å². The fourth-order valence-corrected chi connectivity index (χ4v) is 3.82. The highest BCUT2D eigenvalue weighted by Crippen LogP contribution is 2.24. The number of nitrogens with one attached hydrogen (secondary N) is 1. The Morgan fingerprint density at radius 2 is 2.18 bits per heavy atom. The average molecular weight is 315 g/mol. The van der Waals surface area contributed by atoms with Crippen LogP contribution in [0.2, 0.25) is 0 Å². The lowest BCUT2D eigenvalue weighted by Gasteiger charge is -2.24. The summed E-state index contributed by atoms with van der Waals surface area (Å²) in [5, 5.41) is 7.04. The minimum Gasteiger partial charge on any atom is -0.312 e. The zero-order valence-corrected chi connectivity index (χ0v) is 14.3. The Kier molecular flexibility index (Phi) is 5.24. The summed E-state index contributed by atoms with van der Waals surface area (Å²) in [4.78, 5) is 7.11. The number of rotatable bonds is 6. The number of benzene rings is 1. The summed E-state index contributed by atoms with van der Waals surface area (Å²) in [6.07, 6.45) is 2.28. The first kappa shape index (κ1) is 15.7. The number of nitrogens with zero attached hydrogens (tertiary/aromatic N) is 2. The summed E-state index contributed by atoms with van der Waals surface area (Å²) in [7, 11) is 0. The van der Waals surface area contributed by atoms with Gasteiger partial charge >= 0.3 is 0 Å². The quantitative estimate of drug-likeness (QED) is 0.885. The van der Waals surface area contributed by atoms with E-state index in [-0.39, 0.29) is 0 Å². The van der Waals surface area contributed by atoms with Gasteiger partial charge in [-0.2, -0.15) is 0 Å². The lowest BCUT2D eigenvalue weighted by molar-refractivity contribution is 0.256. The Bertz CT molecular complexity index is 581. The Morgan fingerprint density at radius 1 is 1.36 bits per heavy atom. The molecule has 4 heteroatoms. The topological polar surface area (TPSA) is 28.2 Å². The Morgan fingerprint density at radius 3 is 2.91 bits per heavy atom. The highest BCUT2D eigenvalue weighted by Gasteiger charge is 2.26. The highest BCUT2D eigenvalue weighted by atomic mass is 32.1. The maximum atomic E-state index is 4.53. The average Bonchev–Trinajstić information content (AvgIpc) is 3.17. The monoisotopic (exact) mass is 315 g/mol. The molecule has 3 rings (SSSR count). The molecule has 2 unspecified atom stereocenters. The molecule has 1 aliphatic heterocycles. The molecule has 22 heavy (non-hydrogen) atoms. The summed E-state index contributed by atoms with van der Waals surface area (Å²) in [5.41, 5.74) is 2.64. The third kappa shape index (κ3) is 3.94. The molecule has 118 valence electrons. The van der Waals surface area contributed by atoms with Crippen LogP contribution in [0.25, 0.3) is 0 Å². The molecule has 1 N–H and O–H groups in total. The van der Waals surface area contributed by atoms with Crippen molar-refractivity contribution >= 4 is 11.3 Å². The second kappa shape index (κ2) is 7.36. The second-order valence-corrected chi connectivity index (χ2v) is 7.19. The molecule has 1 saturated heterocycles. The van der Waals surface area contributed by atoms with Gasteiger partial charge in [-0.25, -0.2) is 4.98 Å². The van der Waals surface area contributed by atoms with Crippen LogP contribution in [0.5, 0.6) is 0 Å². The molecule has 2 heterocycles. The van der Waals surface area contributed by atoms with E-state index >= 15 is 0 Å². The van der Waals surface area contributed by atoms with Crippen LogP contribution in [0.15, 0.2) is 35.7 Å². The van der Waals surface area contributed by atoms with Crippen LogP contribution in [-0.2, 0) is 6.42 Å². The molecule has 2 atom stereocenters. The number of thiazole rings is 1. The van der Waals surface area contributed by atoms with Gasteiger partial charge in [0.25, 0.3) is 0 Å². The number of hydrogen-bond acceptors (Lipinski definition) is 4. The molecule has 0 spiro atoms. The maximum absolute atomic E-state index is 4.53. The van der Waals surface area contributed by atoms with Crippen molar-refractivity contribution in [1.29, 1.82) is 0 Å². The van der Waals surface area contributed by atoms with Crippen LogP contribution in [0, 0.1) is 6.92 Å². The van der Waals surface area contributed by atoms with Crippen molar-refractivity contribution in [1.82, 2.24) is 15.2 Å². The fourth-order valence-electron chi connectivity index (χ4n) is 3.18. The van der Waals surface area contributed by atoms with Crippen molar-refractivity contribution in [3.8, 4) is 0 Å². The minimum absolute atomic E-state index is 0.509. The van der Waals surface area contributed by atoms with E-state index in [9.17, 15) is 0 Å². The van der Waals surface area contributed by atoms with E-state index in [4.69, 9.17) is 0 Å². The van der Waals surface area contributed by atoms with Gasteiger partial charge in [0.2, 0.25) is 0 Å². The number of aryl methyl sites for hydroxylation is 1. The van der Waals surface area contributed by atoms with Gasteiger partial charge in [-0.15, -0.1) is 11.3 Å². The zero-order valence-electron chi connectivity index (χ0n) is 13.5. The number of likely N-dealkylation sites (tertiary alicyclic amines) is 1. The highest BCUT2D eigenvalue weighted by molar-refractivity contribution is 7.09. The zero-order chi connectivity index (χ0) is 15.4. The predicted octanol–water partition coefficient (Wildman–Crippen LogP) is 3.42. The van der Waals surface area contributed by atoms with E-state index in [1.807, 2.05) is 0 Å². The van der Waals surface area contributed by atoms with Crippen molar-refractivity contribution in [2.45, 2.75) is 38.8 Å². The molecule has 3 nitrogen and oxygen atoms in total. The molecule has 0 saturated carbocycles. The van der Waals surface area contributed by atoms with E-state index in [0.717, 1.165) is 19.5 Å². The maximum Gasteiger partial charge on any atom is 0.0897 e. The smallest absolute Gasteiger partial charge is 0.0897 e. The second-order valence-electron chi connectivity index (χ2n) is 6.13. The van der Waals surface area contributed by atoms with Crippen molar-refractivity contribution in [3.05, 3.63) is 52.0 Å². The van der Waals surface area contributed by atoms with Crippen molar-refractivity contribution in [2.75, 3.05) is 19.6 Å². The van der Waals surface area contributed by atoms with Crippen LogP contribution in [0.1, 0.15) is 35.7 Å². The summed E-state index contributed by atoms with van der Waals surface area (Å²) in [6.45, 7) is 7.74. The molecule has 1 aromatic heterocycles. The van der Waals surface area contributed by atoms with Crippen molar-refractivity contribution < 1.29 is 0 Å². The van der Waals surface area contributed by atoms with Gasteiger partial charge in [0.1, 0.15) is 0 Å². The van der Waals surface area contributed by atoms with Crippen LogP contribution in [0.4, 0.5) is 0 Å². The molecular weight excluding hydrogens is 290 g/mol. The van der Waals surface area contributed by atoms with Crippen molar-refractivity contribution in [3.63, 3.8) is 0 Å². The molecule has 0 radical (unpaired) electrons. The van der Waals surface area contributed by atoms with E-state index in [1.54, 1.807) is 11.3 Å². The third-order valence-corrected chi connectivity index (χ3v) is 5.35. The Hall–Kier alpha value is -1.23. The predicted molar refractivity (Wildman–Crippen MR) is 93.4 cm³/mol. The lowest BCUT2D eigenvalue weighted by atomic mass is 10.1. The van der Waals surface area contributed by atoms with Crippen molar-refractivity contribution in [2.24, 2.45) is 0 Å². The summed E-state index contributed by atoms with van der Waals surface area (Å²) >= 11 is 1.74. The van der Waals surface area contributed by atoms with Gasteiger partial charge in [-0.3, -0.25) is 4.90 Å². The lowest BCUT2D eigenvalue weighted by Crippen LogP contribution is -2.34. The minimum atomic E-state index is 0.509. The molecule has 2 aromatic rings. The SMILES string of the molecule is Cc1nc(CCNC2CCN(C(C)c3ccccc3)C2)cs1. The first-order chi connectivity index (χ1) is 10.7. The van der Waals surface area contributed by atoms with Gasteiger partial charge < -0.3 is 5.32 Å². The molecular formula is C18H25N3S. The van der Waals surface area contributed by atoms with Crippen LogP contribution in [0.3, 0.4) is 0 Å². The molecule has 0 bridgehead atoms. The molecule has 1 fully saturated rings. The molecule has 0 aliphatic carbocycles. The van der Waals surface area contributed by atoms with Gasteiger partial charge in [0, 0.05) is 43.5 Å². The largest absolute Gasteiger partial charge is 0.312 e. The summed E-state index contributed by atoms with van der Waals surface area (Å²) in [5.74, 6) is 0. The molecule has 1 aromatic carbocycles. The van der Waals surface area contributed by atoms with Gasteiger partial charge in [0.05, 0.1) is 10.7 Å². The first-order valence-electron chi connectivity index (χ1n) is 8.16. The van der Waals surface area contributed by atoms with E-state index in [1.165, 1.54) is 29.2 Å². The van der Waals surface area contributed by atoms with Crippen LogP contribution in [-0.4, -0.2) is 35.6 Å². The van der Waals surface area contributed by atoms with Gasteiger partial charge in [-0.05, 0) is 25.8 Å².